The number of rotatable bonds is 9. The van der Waals surface area contributed by atoms with Gasteiger partial charge in [-0.15, -0.1) is 0 Å². The summed E-state index contributed by atoms with van der Waals surface area (Å²) >= 11 is 0. The van der Waals surface area contributed by atoms with Crippen LogP contribution in [0.25, 0.3) is 0 Å². The number of hydrogen-bond acceptors (Lipinski definition) is 7. The Morgan fingerprint density at radius 3 is 2.57 bits per heavy atom. The van der Waals surface area contributed by atoms with Crippen LogP contribution >= 0.6 is 0 Å². The van der Waals surface area contributed by atoms with Crippen LogP contribution in [0.3, 0.4) is 0 Å². The molecule has 0 bridgehead atoms. The van der Waals surface area contributed by atoms with E-state index in [2.05, 4.69) is 20.7 Å². The number of nitrogens with one attached hydrogen (secondary N) is 3. The summed E-state index contributed by atoms with van der Waals surface area (Å²) in [6.07, 6.45) is 0.381. The Labute approximate surface area is 212 Å². The molecule has 0 atom stereocenters. The average Bonchev–Trinajstić information content (AvgIpc) is 3.60. The molecule has 1 amide bonds. The lowest BCUT2D eigenvalue weighted by atomic mass is 10.1. The summed E-state index contributed by atoms with van der Waals surface area (Å²) in [4.78, 5) is 17.2. The topological polar surface area (TPSA) is 125 Å². The monoisotopic (exact) mass is 514 g/mol. The van der Waals surface area contributed by atoms with Gasteiger partial charge in [0.05, 0.1) is 41.0 Å². The minimum absolute atomic E-state index is 0.0328. The highest BCUT2D eigenvalue weighted by molar-refractivity contribution is 6.05. The molecule has 1 aliphatic rings. The highest BCUT2D eigenvalue weighted by atomic mass is 19.4. The molecule has 9 nitrogen and oxygen atoms in total. The Morgan fingerprint density at radius 2 is 1.95 bits per heavy atom. The van der Waals surface area contributed by atoms with E-state index in [1.807, 2.05) is 6.92 Å². The minimum Gasteiger partial charge on any atom is -0.322 e. The van der Waals surface area contributed by atoms with Crippen molar-refractivity contribution < 1.29 is 18.0 Å². The van der Waals surface area contributed by atoms with Crippen molar-refractivity contribution in [2.45, 2.75) is 45.5 Å². The summed E-state index contributed by atoms with van der Waals surface area (Å²) in [6, 6.07) is 5.35. The molecular weight excluding hydrogens is 485 g/mol. The van der Waals surface area contributed by atoms with Crippen LogP contribution in [0.4, 0.5) is 24.5 Å². The molecule has 37 heavy (non-hydrogen) atoms. The molecule has 2 heterocycles. The van der Waals surface area contributed by atoms with Crippen molar-refractivity contribution >= 4 is 23.0 Å². The predicted molar refractivity (Wildman–Crippen MR) is 135 cm³/mol. The van der Waals surface area contributed by atoms with Gasteiger partial charge < -0.3 is 21.1 Å². The summed E-state index contributed by atoms with van der Waals surface area (Å²) in [6.45, 7) is 3.86. The van der Waals surface area contributed by atoms with Crippen LogP contribution < -0.4 is 21.5 Å². The SMILES string of the molecule is Cc1ncc(C(=O)Nc2cc(CNC3CC3)cc(C(F)(F)F)c2)cc1N(N)CC(=N)c1cnn(C)c1C. The first-order chi connectivity index (χ1) is 17.4. The van der Waals surface area contributed by atoms with E-state index in [1.165, 1.54) is 23.3 Å². The predicted octanol–water partition coefficient (Wildman–Crippen LogP) is 3.70. The molecule has 1 fully saturated rings. The third-order valence-electron chi connectivity index (χ3n) is 6.27. The van der Waals surface area contributed by atoms with Gasteiger partial charge in [0.2, 0.25) is 0 Å². The molecule has 196 valence electrons. The number of anilines is 2. The molecule has 4 rings (SSSR count). The molecule has 2 aromatic heterocycles. The fourth-order valence-electron chi connectivity index (χ4n) is 3.85. The van der Waals surface area contributed by atoms with Crippen LogP contribution in [0.5, 0.6) is 0 Å². The first kappa shape index (κ1) is 26.3. The van der Waals surface area contributed by atoms with Crippen molar-refractivity contribution in [3.05, 3.63) is 70.3 Å². The van der Waals surface area contributed by atoms with Crippen molar-refractivity contribution in [2.75, 3.05) is 16.9 Å². The number of hydrazine groups is 1. The number of carbonyl (C=O) groups excluding carboxylic acids is 1. The zero-order chi connectivity index (χ0) is 26.9. The number of halogens is 3. The first-order valence-electron chi connectivity index (χ1n) is 11.7. The van der Waals surface area contributed by atoms with E-state index in [0.29, 0.717) is 28.6 Å². The van der Waals surface area contributed by atoms with Gasteiger partial charge >= 0.3 is 6.18 Å². The Bertz CT molecular complexity index is 1330. The molecule has 0 aliphatic heterocycles. The number of alkyl halides is 3. The van der Waals surface area contributed by atoms with Gasteiger partial charge in [-0.2, -0.15) is 18.3 Å². The van der Waals surface area contributed by atoms with E-state index >= 15 is 0 Å². The van der Waals surface area contributed by atoms with Crippen LogP contribution in [0.1, 0.15) is 51.3 Å². The van der Waals surface area contributed by atoms with Gasteiger partial charge in [-0.25, -0.2) is 5.84 Å². The van der Waals surface area contributed by atoms with Crippen molar-refractivity contribution in [1.29, 1.82) is 5.41 Å². The van der Waals surface area contributed by atoms with Crippen molar-refractivity contribution in [3.63, 3.8) is 0 Å². The van der Waals surface area contributed by atoms with Crippen LogP contribution in [0, 0.1) is 19.3 Å². The van der Waals surface area contributed by atoms with Gasteiger partial charge in [-0.1, -0.05) is 0 Å². The van der Waals surface area contributed by atoms with Crippen molar-refractivity contribution in [1.82, 2.24) is 20.1 Å². The molecule has 3 aromatic rings. The fraction of sp³-hybridized carbons (Fsp3) is 0.360. The Kier molecular flexibility index (Phi) is 7.32. The maximum atomic E-state index is 13.5. The van der Waals surface area contributed by atoms with Gasteiger partial charge in [-0.3, -0.25) is 14.5 Å². The molecule has 0 saturated heterocycles. The lowest BCUT2D eigenvalue weighted by molar-refractivity contribution is -0.137. The number of carbonyl (C=O) groups is 1. The molecule has 0 unspecified atom stereocenters. The Balaban J connectivity index is 1.52. The largest absolute Gasteiger partial charge is 0.416 e. The summed E-state index contributed by atoms with van der Waals surface area (Å²) in [5, 5.41) is 19.6. The van der Waals surface area contributed by atoms with E-state index < -0.39 is 17.6 Å². The number of pyridine rings is 1. The number of aromatic nitrogens is 3. The molecule has 0 spiro atoms. The van der Waals surface area contributed by atoms with Crippen LogP contribution in [-0.2, 0) is 19.8 Å². The second-order valence-corrected chi connectivity index (χ2v) is 9.23. The first-order valence-corrected chi connectivity index (χ1v) is 11.7. The summed E-state index contributed by atoms with van der Waals surface area (Å²) in [5.41, 5.74) is 2.39. The molecule has 5 N–H and O–H groups in total. The van der Waals surface area contributed by atoms with Gasteiger partial charge in [0.1, 0.15) is 0 Å². The van der Waals surface area contributed by atoms with Crippen LogP contribution in [0.15, 0.2) is 36.7 Å². The highest BCUT2D eigenvalue weighted by Gasteiger charge is 2.31. The van der Waals surface area contributed by atoms with E-state index in [-0.39, 0.29) is 30.1 Å². The van der Waals surface area contributed by atoms with Crippen molar-refractivity contribution in [3.8, 4) is 0 Å². The lowest BCUT2D eigenvalue weighted by Gasteiger charge is -2.21. The Hall–Kier alpha value is -3.77. The number of hydrogen-bond donors (Lipinski definition) is 4. The standard InChI is InChI=1S/C25H29F3N8O/c1-14-23(36(30)13-22(29)21-12-33-35(3)15(21)2)8-17(11-31-14)24(37)34-20-7-16(10-32-19-4-5-19)6-18(9-20)25(26,27)28/h6-9,11-12,19,29,32H,4-5,10,13,30H2,1-3H3,(H,34,37). The third kappa shape index (κ3) is 6.33. The highest BCUT2D eigenvalue weighted by Crippen LogP contribution is 2.32. The molecule has 12 heteroatoms. The van der Waals surface area contributed by atoms with Gasteiger partial charge in [0.15, 0.2) is 0 Å². The van der Waals surface area contributed by atoms with Crippen LogP contribution in [0.2, 0.25) is 0 Å². The summed E-state index contributed by atoms with van der Waals surface area (Å²) in [5.74, 6) is 5.60. The number of aryl methyl sites for hydroxylation is 2. The maximum absolute atomic E-state index is 13.5. The molecule has 1 aliphatic carbocycles. The van der Waals surface area contributed by atoms with Gasteiger partial charge in [0, 0.05) is 42.8 Å². The molecule has 1 saturated carbocycles. The second kappa shape index (κ2) is 10.3. The van der Waals surface area contributed by atoms with E-state index in [4.69, 9.17) is 11.3 Å². The molecular formula is C25H29F3N8O. The van der Waals surface area contributed by atoms with Crippen LogP contribution in [-0.4, -0.2) is 39.0 Å². The normalized spacial score (nSPS) is 13.5. The average molecular weight is 515 g/mol. The number of amides is 1. The van der Waals surface area contributed by atoms with E-state index in [9.17, 15) is 18.0 Å². The molecule has 1 aromatic carbocycles. The van der Waals surface area contributed by atoms with Crippen molar-refractivity contribution in [2.24, 2.45) is 12.9 Å². The number of benzene rings is 1. The van der Waals surface area contributed by atoms with Gasteiger partial charge in [0.25, 0.3) is 5.91 Å². The zero-order valence-electron chi connectivity index (χ0n) is 20.8. The fourth-order valence-corrected chi connectivity index (χ4v) is 3.85. The maximum Gasteiger partial charge on any atom is 0.416 e. The smallest absolute Gasteiger partial charge is 0.322 e. The number of nitrogens with two attached hydrogens (primary N) is 1. The second-order valence-electron chi connectivity index (χ2n) is 9.23. The lowest BCUT2D eigenvalue weighted by Crippen LogP contribution is -2.37. The molecule has 0 radical (unpaired) electrons. The number of nitrogens with zero attached hydrogens (tertiary/aromatic N) is 4. The quantitative estimate of drug-likeness (QED) is 0.196. The minimum atomic E-state index is -4.55. The van der Waals surface area contributed by atoms with E-state index in [1.54, 1.807) is 24.9 Å². The Morgan fingerprint density at radius 1 is 1.22 bits per heavy atom. The third-order valence-corrected chi connectivity index (χ3v) is 6.27. The summed E-state index contributed by atoms with van der Waals surface area (Å²) in [7, 11) is 1.78. The summed E-state index contributed by atoms with van der Waals surface area (Å²) < 4.78 is 42.1. The van der Waals surface area contributed by atoms with E-state index in [0.717, 1.165) is 30.7 Å². The zero-order valence-corrected chi connectivity index (χ0v) is 20.8. The van der Waals surface area contributed by atoms with Gasteiger partial charge in [-0.05, 0) is 56.5 Å².